The Morgan fingerprint density at radius 3 is 2.84 bits per heavy atom. The largest absolute Gasteiger partial charge is 0.480 e. The van der Waals surface area contributed by atoms with Crippen molar-refractivity contribution in [3.63, 3.8) is 0 Å². The lowest BCUT2D eigenvalue weighted by molar-refractivity contribution is -0.142. The van der Waals surface area contributed by atoms with Crippen molar-refractivity contribution in [1.82, 2.24) is 9.88 Å². The molecule has 2 fully saturated rings. The Kier molecular flexibility index (Phi) is 4.86. The lowest BCUT2D eigenvalue weighted by Gasteiger charge is -2.32. The topological polar surface area (TPSA) is 53.4 Å². The number of nitrogens with zero attached hydrogens (tertiary/aromatic N) is 2. The number of benzene rings is 1. The number of aliphatic carboxylic acids is 1. The SMILES string of the molecule is O=C(O)C1CC2CCCCC2N1Cc1csc(Cc2ccccc2)n1. The van der Waals surface area contributed by atoms with Gasteiger partial charge in [-0.1, -0.05) is 43.2 Å². The first-order valence-electron chi connectivity index (χ1n) is 9.16. The molecule has 0 spiro atoms. The Balaban J connectivity index is 1.48. The maximum absolute atomic E-state index is 11.7. The second-order valence-electron chi connectivity index (χ2n) is 7.27. The van der Waals surface area contributed by atoms with E-state index in [9.17, 15) is 9.90 Å². The van der Waals surface area contributed by atoms with E-state index in [0.717, 1.165) is 30.0 Å². The van der Waals surface area contributed by atoms with Crippen LogP contribution in [0.1, 0.15) is 48.4 Å². The van der Waals surface area contributed by atoms with E-state index >= 15 is 0 Å². The smallest absolute Gasteiger partial charge is 0.320 e. The first-order valence-corrected chi connectivity index (χ1v) is 10.0. The van der Waals surface area contributed by atoms with Crippen LogP contribution in [0.5, 0.6) is 0 Å². The molecule has 1 aliphatic heterocycles. The quantitative estimate of drug-likeness (QED) is 0.881. The fourth-order valence-electron chi connectivity index (χ4n) is 4.48. The maximum atomic E-state index is 11.7. The van der Waals surface area contributed by atoms with Crippen LogP contribution < -0.4 is 0 Å². The molecule has 25 heavy (non-hydrogen) atoms. The summed E-state index contributed by atoms with van der Waals surface area (Å²) in [5.74, 6) is -0.119. The second-order valence-corrected chi connectivity index (χ2v) is 8.21. The number of hydrogen-bond acceptors (Lipinski definition) is 4. The van der Waals surface area contributed by atoms with Crippen LogP contribution in [0.25, 0.3) is 0 Å². The molecule has 1 saturated carbocycles. The minimum absolute atomic E-state index is 0.340. The highest BCUT2D eigenvalue weighted by atomic mass is 32.1. The van der Waals surface area contributed by atoms with Crippen LogP contribution in [0.3, 0.4) is 0 Å². The van der Waals surface area contributed by atoms with Crippen LogP contribution in [0.4, 0.5) is 0 Å². The number of fused-ring (bicyclic) bond motifs is 1. The van der Waals surface area contributed by atoms with Gasteiger partial charge in [0.2, 0.25) is 0 Å². The van der Waals surface area contributed by atoms with E-state index < -0.39 is 5.97 Å². The predicted molar refractivity (Wildman–Crippen MR) is 98.7 cm³/mol. The lowest BCUT2D eigenvalue weighted by Crippen LogP contribution is -2.41. The Morgan fingerprint density at radius 2 is 2.04 bits per heavy atom. The molecule has 132 valence electrons. The highest BCUT2D eigenvalue weighted by Gasteiger charge is 2.45. The van der Waals surface area contributed by atoms with Gasteiger partial charge in [-0.3, -0.25) is 9.69 Å². The van der Waals surface area contributed by atoms with E-state index in [0.29, 0.717) is 18.5 Å². The predicted octanol–water partition coefficient (Wildman–Crippen LogP) is 3.95. The summed E-state index contributed by atoms with van der Waals surface area (Å²) in [6.45, 7) is 0.670. The van der Waals surface area contributed by atoms with E-state index in [1.807, 2.05) is 6.07 Å². The number of carboxylic acid groups (broad SMARTS) is 1. The zero-order chi connectivity index (χ0) is 17.2. The molecule has 0 radical (unpaired) electrons. The summed E-state index contributed by atoms with van der Waals surface area (Å²) < 4.78 is 0. The van der Waals surface area contributed by atoms with E-state index in [1.54, 1.807) is 11.3 Å². The molecule has 0 amide bonds. The van der Waals surface area contributed by atoms with Gasteiger partial charge < -0.3 is 5.11 Å². The standard InChI is InChI=1S/C20H24N2O2S/c23-20(24)18-11-15-8-4-5-9-17(15)22(18)12-16-13-25-19(21-16)10-14-6-2-1-3-7-14/h1-3,6-7,13,15,17-18H,4-5,8-12H2,(H,23,24). The van der Waals surface area contributed by atoms with Crippen LogP contribution in [-0.4, -0.2) is 33.0 Å². The minimum atomic E-state index is -0.672. The van der Waals surface area contributed by atoms with Gasteiger partial charge in [0.15, 0.2) is 0 Å². The molecule has 3 unspecified atom stereocenters. The summed E-state index contributed by atoms with van der Waals surface area (Å²) in [6, 6.07) is 10.4. The van der Waals surface area contributed by atoms with Crippen molar-refractivity contribution in [2.24, 2.45) is 5.92 Å². The average molecular weight is 356 g/mol. The van der Waals surface area contributed by atoms with E-state index in [1.165, 1.54) is 24.8 Å². The van der Waals surface area contributed by atoms with Crippen molar-refractivity contribution in [2.45, 2.75) is 57.2 Å². The number of likely N-dealkylation sites (tertiary alicyclic amines) is 1. The number of aromatic nitrogens is 1. The second kappa shape index (κ2) is 7.26. The average Bonchev–Trinajstić information content (AvgIpc) is 3.21. The fourth-order valence-corrected chi connectivity index (χ4v) is 5.30. The molecule has 4 nitrogen and oxygen atoms in total. The monoisotopic (exact) mass is 356 g/mol. The van der Waals surface area contributed by atoms with Gasteiger partial charge >= 0.3 is 5.97 Å². The summed E-state index contributed by atoms with van der Waals surface area (Å²) in [5.41, 5.74) is 2.29. The van der Waals surface area contributed by atoms with Gasteiger partial charge in [0.1, 0.15) is 6.04 Å². The van der Waals surface area contributed by atoms with Crippen molar-refractivity contribution in [2.75, 3.05) is 0 Å². The molecular formula is C20H24N2O2S. The van der Waals surface area contributed by atoms with Crippen LogP contribution in [0.2, 0.25) is 0 Å². The first-order chi connectivity index (χ1) is 12.2. The molecule has 4 rings (SSSR count). The molecule has 2 aliphatic rings. The van der Waals surface area contributed by atoms with Crippen LogP contribution in [0, 0.1) is 5.92 Å². The summed E-state index contributed by atoms with van der Waals surface area (Å²) in [7, 11) is 0. The van der Waals surface area contributed by atoms with Crippen LogP contribution in [0.15, 0.2) is 35.7 Å². The van der Waals surface area contributed by atoms with Crippen molar-refractivity contribution >= 4 is 17.3 Å². The van der Waals surface area contributed by atoms with Gasteiger partial charge in [0.25, 0.3) is 0 Å². The Hall–Kier alpha value is -1.72. The molecule has 1 aromatic carbocycles. The highest BCUT2D eigenvalue weighted by Crippen LogP contribution is 2.40. The van der Waals surface area contributed by atoms with Crippen molar-refractivity contribution in [3.05, 3.63) is 52.0 Å². The molecule has 3 atom stereocenters. The lowest BCUT2D eigenvalue weighted by atomic mass is 9.85. The number of thiazole rings is 1. The van der Waals surface area contributed by atoms with Gasteiger partial charge in [-0.05, 0) is 30.7 Å². The van der Waals surface area contributed by atoms with E-state index in [2.05, 4.69) is 34.5 Å². The Morgan fingerprint density at radius 1 is 1.24 bits per heavy atom. The van der Waals surface area contributed by atoms with E-state index in [-0.39, 0.29) is 6.04 Å². The summed E-state index contributed by atoms with van der Waals surface area (Å²) in [4.78, 5) is 18.7. The summed E-state index contributed by atoms with van der Waals surface area (Å²) >= 11 is 1.68. The molecule has 1 N–H and O–H groups in total. The molecule has 2 aromatic rings. The molecule has 1 aliphatic carbocycles. The third-order valence-electron chi connectivity index (χ3n) is 5.65. The number of hydrogen-bond donors (Lipinski definition) is 1. The number of carboxylic acids is 1. The summed E-state index contributed by atoms with van der Waals surface area (Å²) in [6.07, 6.45) is 6.44. The molecule has 1 aromatic heterocycles. The maximum Gasteiger partial charge on any atom is 0.320 e. The minimum Gasteiger partial charge on any atom is -0.480 e. The molecular weight excluding hydrogens is 332 g/mol. The molecule has 1 saturated heterocycles. The Labute approximate surface area is 152 Å². The zero-order valence-electron chi connectivity index (χ0n) is 14.3. The Bertz CT molecular complexity index is 730. The normalized spacial score (nSPS) is 26.5. The molecule has 0 bridgehead atoms. The van der Waals surface area contributed by atoms with Gasteiger partial charge in [-0.25, -0.2) is 4.98 Å². The number of carbonyl (C=O) groups is 1. The highest BCUT2D eigenvalue weighted by molar-refractivity contribution is 7.09. The van der Waals surface area contributed by atoms with Gasteiger partial charge in [0.05, 0.1) is 10.7 Å². The fraction of sp³-hybridized carbons (Fsp3) is 0.500. The first kappa shape index (κ1) is 16.7. The zero-order valence-corrected chi connectivity index (χ0v) is 15.1. The summed E-state index contributed by atoms with van der Waals surface area (Å²) in [5, 5.41) is 12.9. The van der Waals surface area contributed by atoms with Crippen LogP contribution in [-0.2, 0) is 17.8 Å². The third kappa shape index (κ3) is 3.62. The van der Waals surface area contributed by atoms with Crippen molar-refractivity contribution < 1.29 is 9.90 Å². The molecule has 2 heterocycles. The van der Waals surface area contributed by atoms with E-state index in [4.69, 9.17) is 4.98 Å². The third-order valence-corrected chi connectivity index (χ3v) is 6.55. The van der Waals surface area contributed by atoms with Gasteiger partial charge in [-0.15, -0.1) is 11.3 Å². The van der Waals surface area contributed by atoms with Crippen molar-refractivity contribution in [1.29, 1.82) is 0 Å². The van der Waals surface area contributed by atoms with Crippen LogP contribution >= 0.6 is 11.3 Å². The van der Waals surface area contributed by atoms with Crippen molar-refractivity contribution in [3.8, 4) is 0 Å². The number of rotatable bonds is 5. The van der Waals surface area contributed by atoms with Gasteiger partial charge in [0, 0.05) is 24.4 Å². The van der Waals surface area contributed by atoms with Gasteiger partial charge in [-0.2, -0.15) is 0 Å². The molecule has 5 heteroatoms.